The quantitative estimate of drug-likeness (QED) is 0.939. The van der Waals surface area contributed by atoms with Crippen molar-refractivity contribution in [3.63, 3.8) is 0 Å². The van der Waals surface area contributed by atoms with E-state index in [4.69, 9.17) is 0 Å². The van der Waals surface area contributed by atoms with Crippen LogP contribution in [0.4, 0.5) is 4.39 Å². The molecular formula is C12H10BrFN2OS. The number of amides is 1. The highest BCUT2D eigenvalue weighted by atomic mass is 79.9. The van der Waals surface area contributed by atoms with Crippen molar-refractivity contribution >= 4 is 33.2 Å². The molecule has 1 N–H and O–H groups in total. The van der Waals surface area contributed by atoms with Crippen LogP contribution in [0.1, 0.15) is 20.9 Å². The summed E-state index contributed by atoms with van der Waals surface area (Å²) in [6.07, 6.45) is 0. The van der Waals surface area contributed by atoms with Crippen molar-refractivity contribution in [1.82, 2.24) is 10.3 Å². The summed E-state index contributed by atoms with van der Waals surface area (Å²) in [6.45, 7) is 2.29. The van der Waals surface area contributed by atoms with E-state index >= 15 is 0 Å². The van der Waals surface area contributed by atoms with Crippen molar-refractivity contribution < 1.29 is 9.18 Å². The number of rotatable bonds is 3. The molecule has 6 heteroatoms. The molecule has 0 aliphatic carbocycles. The van der Waals surface area contributed by atoms with Gasteiger partial charge in [0.2, 0.25) is 0 Å². The Morgan fingerprint density at radius 2 is 2.33 bits per heavy atom. The zero-order chi connectivity index (χ0) is 13.1. The maximum Gasteiger partial charge on any atom is 0.252 e. The van der Waals surface area contributed by atoms with Crippen LogP contribution in [0.2, 0.25) is 0 Å². The molecule has 0 aliphatic rings. The highest BCUT2D eigenvalue weighted by Crippen LogP contribution is 2.20. The molecule has 0 radical (unpaired) electrons. The van der Waals surface area contributed by atoms with E-state index in [2.05, 4.69) is 26.2 Å². The van der Waals surface area contributed by atoms with Gasteiger partial charge in [0.1, 0.15) is 5.82 Å². The molecule has 1 aromatic heterocycles. The molecule has 0 saturated heterocycles. The number of halogens is 2. The minimum Gasteiger partial charge on any atom is -0.347 e. The topological polar surface area (TPSA) is 42.0 Å². The van der Waals surface area contributed by atoms with Gasteiger partial charge in [0.25, 0.3) is 5.91 Å². The Bertz CT molecular complexity index is 585. The van der Waals surface area contributed by atoms with Gasteiger partial charge in [0.05, 0.1) is 27.8 Å². The fraction of sp³-hybridized carbons (Fsp3) is 0.167. The highest BCUT2D eigenvalue weighted by molar-refractivity contribution is 9.10. The predicted octanol–water partition coefficient (Wildman–Crippen LogP) is 3.28. The van der Waals surface area contributed by atoms with E-state index in [9.17, 15) is 9.18 Å². The molecule has 0 saturated carbocycles. The van der Waals surface area contributed by atoms with Crippen molar-refractivity contribution in [3.05, 3.63) is 50.1 Å². The van der Waals surface area contributed by atoms with Crippen LogP contribution in [0.3, 0.4) is 0 Å². The van der Waals surface area contributed by atoms with Crippen LogP contribution in [0.15, 0.2) is 28.2 Å². The molecule has 0 bridgehead atoms. The van der Waals surface area contributed by atoms with Crippen LogP contribution in [0.5, 0.6) is 0 Å². The highest BCUT2D eigenvalue weighted by Gasteiger charge is 2.13. The largest absolute Gasteiger partial charge is 0.347 e. The maximum atomic E-state index is 13.3. The van der Waals surface area contributed by atoms with Crippen molar-refractivity contribution in [1.29, 1.82) is 0 Å². The van der Waals surface area contributed by atoms with Crippen molar-refractivity contribution in [2.24, 2.45) is 0 Å². The molecule has 1 heterocycles. The summed E-state index contributed by atoms with van der Waals surface area (Å²) < 4.78 is 13.5. The smallest absolute Gasteiger partial charge is 0.252 e. The number of aryl methyl sites for hydroxylation is 1. The SMILES string of the molecule is Cc1ncsc1CNC(=O)c1cccc(F)c1Br. The summed E-state index contributed by atoms with van der Waals surface area (Å²) in [5, 5.41) is 2.75. The number of carbonyl (C=O) groups excluding carboxylic acids is 1. The number of thiazole rings is 1. The summed E-state index contributed by atoms with van der Waals surface area (Å²) in [6, 6.07) is 4.38. The van der Waals surface area contributed by atoms with Crippen molar-refractivity contribution in [2.45, 2.75) is 13.5 Å². The molecule has 1 aromatic carbocycles. The van der Waals surface area contributed by atoms with Gasteiger partial charge in [-0.05, 0) is 35.0 Å². The molecule has 3 nitrogen and oxygen atoms in total. The third-order valence-electron chi connectivity index (χ3n) is 2.45. The van der Waals surface area contributed by atoms with Gasteiger partial charge in [-0.1, -0.05) is 6.07 Å². The van der Waals surface area contributed by atoms with Gasteiger partial charge in [-0.25, -0.2) is 9.37 Å². The van der Waals surface area contributed by atoms with E-state index in [0.717, 1.165) is 10.6 Å². The standard InChI is InChI=1S/C12H10BrFN2OS/c1-7-10(18-6-16-7)5-15-12(17)8-3-2-4-9(14)11(8)13/h2-4,6H,5H2,1H3,(H,15,17). The fourth-order valence-electron chi connectivity index (χ4n) is 1.43. The maximum absolute atomic E-state index is 13.3. The normalized spacial score (nSPS) is 10.4. The molecule has 18 heavy (non-hydrogen) atoms. The molecule has 0 atom stereocenters. The van der Waals surface area contributed by atoms with Gasteiger partial charge < -0.3 is 5.32 Å². The van der Waals surface area contributed by atoms with Crippen LogP contribution < -0.4 is 5.32 Å². The molecule has 0 unspecified atom stereocenters. The zero-order valence-corrected chi connectivity index (χ0v) is 11.9. The molecule has 94 valence electrons. The molecule has 2 rings (SSSR count). The Kier molecular flexibility index (Phi) is 4.08. The average molecular weight is 329 g/mol. The van der Waals surface area contributed by atoms with E-state index in [-0.39, 0.29) is 15.9 Å². The summed E-state index contributed by atoms with van der Waals surface area (Å²) in [4.78, 5) is 17.0. The first kappa shape index (κ1) is 13.2. The van der Waals surface area contributed by atoms with Crippen LogP contribution in [-0.2, 0) is 6.54 Å². The van der Waals surface area contributed by atoms with Crippen LogP contribution in [0.25, 0.3) is 0 Å². The first-order valence-electron chi connectivity index (χ1n) is 5.20. The minimum atomic E-state index is -0.448. The van der Waals surface area contributed by atoms with Gasteiger partial charge in [-0.2, -0.15) is 0 Å². The number of nitrogens with zero attached hydrogens (tertiary/aromatic N) is 1. The first-order valence-corrected chi connectivity index (χ1v) is 6.88. The number of hydrogen-bond acceptors (Lipinski definition) is 3. The van der Waals surface area contributed by atoms with E-state index in [1.807, 2.05) is 6.92 Å². The van der Waals surface area contributed by atoms with E-state index in [1.54, 1.807) is 11.6 Å². The number of benzene rings is 1. The van der Waals surface area contributed by atoms with E-state index < -0.39 is 5.82 Å². The lowest BCUT2D eigenvalue weighted by Gasteiger charge is -2.06. The Morgan fingerprint density at radius 1 is 1.56 bits per heavy atom. The Hall–Kier alpha value is -1.27. The van der Waals surface area contributed by atoms with Gasteiger partial charge >= 0.3 is 0 Å². The Balaban J connectivity index is 2.09. The van der Waals surface area contributed by atoms with Crippen LogP contribution in [-0.4, -0.2) is 10.9 Å². The number of hydrogen-bond donors (Lipinski definition) is 1. The Labute approximate surface area is 116 Å². The van der Waals surface area contributed by atoms with Gasteiger partial charge in [0.15, 0.2) is 0 Å². The zero-order valence-electron chi connectivity index (χ0n) is 9.54. The van der Waals surface area contributed by atoms with Crippen LogP contribution in [0, 0.1) is 12.7 Å². The fourth-order valence-corrected chi connectivity index (χ4v) is 2.59. The second-order valence-corrected chi connectivity index (χ2v) is 5.38. The van der Waals surface area contributed by atoms with Gasteiger partial charge in [-0.3, -0.25) is 4.79 Å². The van der Waals surface area contributed by atoms with Crippen molar-refractivity contribution in [3.8, 4) is 0 Å². The molecule has 1 amide bonds. The molecule has 0 fully saturated rings. The molecule has 0 spiro atoms. The summed E-state index contributed by atoms with van der Waals surface area (Å²) >= 11 is 4.55. The molecule has 2 aromatic rings. The number of aromatic nitrogens is 1. The second kappa shape index (κ2) is 5.58. The Morgan fingerprint density at radius 3 is 3.00 bits per heavy atom. The average Bonchev–Trinajstić information content (AvgIpc) is 2.75. The molecular weight excluding hydrogens is 319 g/mol. The summed E-state index contributed by atoms with van der Waals surface area (Å²) in [7, 11) is 0. The van der Waals surface area contributed by atoms with Gasteiger partial charge in [-0.15, -0.1) is 11.3 Å². The number of carbonyl (C=O) groups is 1. The third-order valence-corrected chi connectivity index (χ3v) is 4.19. The minimum absolute atomic E-state index is 0.184. The van der Waals surface area contributed by atoms with Crippen LogP contribution >= 0.6 is 27.3 Å². The lowest BCUT2D eigenvalue weighted by molar-refractivity contribution is 0.0950. The van der Waals surface area contributed by atoms with Crippen molar-refractivity contribution in [2.75, 3.05) is 0 Å². The monoisotopic (exact) mass is 328 g/mol. The third kappa shape index (κ3) is 2.76. The first-order chi connectivity index (χ1) is 8.59. The van der Waals surface area contributed by atoms with Gasteiger partial charge in [0, 0.05) is 4.88 Å². The summed E-state index contributed by atoms with van der Waals surface area (Å²) in [5.41, 5.74) is 2.92. The van der Waals surface area contributed by atoms with E-state index in [1.165, 1.54) is 23.5 Å². The lowest BCUT2D eigenvalue weighted by atomic mass is 10.2. The summed E-state index contributed by atoms with van der Waals surface area (Å²) in [5.74, 6) is -0.759. The molecule has 0 aliphatic heterocycles. The second-order valence-electron chi connectivity index (χ2n) is 3.65. The predicted molar refractivity (Wildman–Crippen MR) is 72.1 cm³/mol. The number of nitrogens with one attached hydrogen (secondary N) is 1. The lowest BCUT2D eigenvalue weighted by Crippen LogP contribution is -2.23. The van der Waals surface area contributed by atoms with E-state index in [0.29, 0.717) is 6.54 Å².